The Labute approximate surface area is 182 Å². The first kappa shape index (κ1) is 24.3. The molecule has 0 N–H and O–H groups in total. The topological polar surface area (TPSA) is 35.0 Å². The fourth-order valence-corrected chi connectivity index (χ4v) is 3.62. The van der Waals surface area contributed by atoms with Crippen LogP contribution >= 0.6 is 0 Å². The van der Waals surface area contributed by atoms with Crippen LogP contribution in [0.1, 0.15) is 90.5 Å². The fraction of sp³-hybridized carbons (Fsp3) is 0.615. The molecule has 1 heterocycles. The molecule has 2 atom stereocenters. The lowest BCUT2D eigenvalue weighted by atomic mass is 10.1. The van der Waals surface area contributed by atoms with E-state index in [2.05, 4.69) is 23.8 Å². The predicted molar refractivity (Wildman–Crippen MR) is 124 cm³/mol. The minimum absolute atomic E-state index is 0.0663. The average molecular weight is 415 g/mol. The van der Waals surface area contributed by atoms with Gasteiger partial charge in [-0.2, -0.15) is 0 Å². The van der Waals surface area contributed by atoms with Gasteiger partial charge in [0.2, 0.25) is 0 Å². The van der Waals surface area contributed by atoms with Gasteiger partial charge in [0.15, 0.2) is 5.82 Å². The van der Waals surface area contributed by atoms with E-state index in [-0.39, 0.29) is 6.10 Å². The third-order valence-corrected chi connectivity index (χ3v) is 5.44. The van der Waals surface area contributed by atoms with E-state index in [1.54, 1.807) is 6.92 Å². The summed E-state index contributed by atoms with van der Waals surface area (Å²) < 4.78 is 19.3. The number of hydrogen-bond acceptors (Lipinski definition) is 3. The SMILES string of the molecule is CCCCCCCCc1cnc(-c2ccc(OC(CCC)CC[C@H](C)F)cc2)nc1. The van der Waals surface area contributed by atoms with Crippen LogP contribution in [0.2, 0.25) is 0 Å². The third kappa shape index (κ3) is 9.23. The summed E-state index contributed by atoms with van der Waals surface area (Å²) in [7, 11) is 0. The molecule has 166 valence electrons. The third-order valence-electron chi connectivity index (χ3n) is 5.44. The first-order valence-corrected chi connectivity index (χ1v) is 11.8. The van der Waals surface area contributed by atoms with Crippen molar-refractivity contribution in [1.82, 2.24) is 9.97 Å². The summed E-state index contributed by atoms with van der Waals surface area (Å²) in [4.78, 5) is 9.11. The molecule has 2 rings (SSSR count). The van der Waals surface area contributed by atoms with Crippen molar-refractivity contribution in [2.75, 3.05) is 0 Å². The summed E-state index contributed by atoms with van der Waals surface area (Å²) in [6, 6.07) is 7.92. The number of unbranched alkanes of at least 4 members (excludes halogenated alkanes) is 5. The summed E-state index contributed by atoms with van der Waals surface area (Å²) in [5.74, 6) is 1.56. The van der Waals surface area contributed by atoms with Gasteiger partial charge in [0.25, 0.3) is 0 Å². The number of rotatable bonds is 15. The number of aromatic nitrogens is 2. The van der Waals surface area contributed by atoms with Crippen LogP contribution in [0.4, 0.5) is 4.39 Å². The molecule has 2 aromatic rings. The highest BCUT2D eigenvalue weighted by Crippen LogP contribution is 2.23. The van der Waals surface area contributed by atoms with Crippen LogP contribution in [0.3, 0.4) is 0 Å². The maximum absolute atomic E-state index is 13.2. The summed E-state index contributed by atoms with van der Waals surface area (Å²) in [6.07, 6.45) is 15.3. The van der Waals surface area contributed by atoms with Crippen molar-refractivity contribution in [2.24, 2.45) is 0 Å². The molecule has 0 fully saturated rings. The van der Waals surface area contributed by atoms with Gasteiger partial charge in [0, 0.05) is 18.0 Å². The first-order chi connectivity index (χ1) is 14.6. The number of benzene rings is 1. The maximum Gasteiger partial charge on any atom is 0.159 e. The van der Waals surface area contributed by atoms with E-state index in [1.807, 2.05) is 36.7 Å². The van der Waals surface area contributed by atoms with Crippen LogP contribution in [-0.2, 0) is 6.42 Å². The van der Waals surface area contributed by atoms with Crippen LogP contribution in [0.25, 0.3) is 11.4 Å². The minimum atomic E-state index is -0.781. The van der Waals surface area contributed by atoms with E-state index in [1.165, 1.54) is 44.1 Å². The van der Waals surface area contributed by atoms with Gasteiger partial charge in [-0.3, -0.25) is 0 Å². The van der Waals surface area contributed by atoms with Crippen LogP contribution in [0.15, 0.2) is 36.7 Å². The molecule has 0 aliphatic carbocycles. The van der Waals surface area contributed by atoms with Gasteiger partial charge in [0.05, 0.1) is 12.3 Å². The standard InChI is InChI=1S/C26H39FN2O/c1-4-6-7-8-9-10-12-22-19-28-26(29-20-22)23-14-17-25(18-15-23)30-24(11-5-2)16-13-21(3)27/h14-15,17-21,24H,4-13,16H2,1-3H3/t21-,24?/m0/s1. The molecule has 1 aromatic heterocycles. The van der Waals surface area contributed by atoms with E-state index in [0.29, 0.717) is 6.42 Å². The van der Waals surface area contributed by atoms with Crippen LogP contribution in [0.5, 0.6) is 5.75 Å². The van der Waals surface area contributed by atoms with Crippen molar-refractivity contribution in [3.05, 3.63) is 42.2 Å². The lowest BCUT2D eigenvalue weighted by molar-refractivity contribution is 0.163. The predicted octanol–water partition coefficient (Wildman–Crippen LogP) is 7.73. The highest BCUT2D eigenvalue weighted by atomic mass is 19.1. The van der Waals surface area contributed by atoms with Crippen molar-refractivity contribution in [1.29, 1.82) is 0 Å². The molecule has 3 nitrogen and oxygen atoms in total. The Morgan fingerprint density at radius 1 is 0.833 bits per heavy atom. The normalized spacial score (nSPS) is 13.2. The van der Waals surface area contributed by atoms with E-state index < -0.39 is 6.17 Å². The van der Waals surface area contributed by atoms with E-state index in [0.717, 1.165) is 42.8 Å². The van der Waals surface area contributed by atoms with Crippen molar-refractivity contribution in [3.63, 3.8) is 0 Å². The summed E-state index contributed by atoms with van der Waals surface area (Å²) >= 11 is 0. The number of aryl methyl sites for hydroxylation is 1. The molecule has 0 aliphatic rings. The molecule has 4 heteroatoms. The monoisotopic (exact) mass is 414 g/mol. The molecule has 0 radical (unpaired) electrons. The Kier molecular flexibility index (Phi) is 11.4. The maximum atomic E-state index is 13.2. The summed E-state index contributed by atoms with van der Waals surface area (Å²) in [5, 5.41) is 0. The molecular weight excluding hydrogens is 375 g/mol. The van der Waals surface area contributed by atoms with Crippen molar-refractivity contribution < 1.29 is 9.13 Å². The van der Waals surface area contributed by atoms with Crippen LogP contribution in [0, 0.1) is 0 Å². The molecular formula is C26H39FN2O. The van der Waals surface area contributed by atoms with Gasteiger partial charge < -0.3 is 4.74 Å². The largest absolute Gasteiger partial charge is 0.490 e. The van der Waals surface area contributed by atoms with Gasteiger partial charge in [-0.1, -0.05) is 52.4 Å². The van der Waals surface area contributed by atoms with E-state index in [9.17, 15) is 4.39 Å². The van der Waals surface area contributed by atoms with Crippen LogP contribution < -0.4 is 4.74 Å². The van der Waals surface area contributed by atoms with Crippen LogP contribution in [-0.4, -0.2) is 22.2 Å². The zero-order chi connectivity index (χ0) is 21.6. The van der Waals surface area contributed by atoms with Gasteiger partial charge in [-0.05, 0) is 68.9 Å². The van der Waals surface area contributed by atoms with Gasteiger partial charge in [-0.15, -0.1) is 0 Å². The molecule has 0 spiro atoms. The summed E-state index contributed by atoms with van der Waals surface area (Å²) in [5.41, 5.74) is 2.19. The molecule has 1 aromatic carbocycles. The number of halogens is 1. The first-order valence-electron chi connectivity index (χ1n) is 11.8. The molecule has 1 unspecified atom stereocenters. The molecule has 0 saturated carbocycles. The molecule has 0 aliphatic heterocycles. The smallest absolute Gasteiger partial charge is 0.159 e. The quantitative estimate of drug-likeness (QED) is 0.280. The van der Waals surface area contributed by atoms with Crippen molar-refractivity contribution >= 4 is 0 Å². The number of nitrogens with zero attached hydrogens (tertiary/aromatic N) is 2. The fourth-order valence-electron chi connectivity index (χ4n) is 3.62. The Morgan fingerprint density at radius 3 is 2.13 bits per heavy atom. The lowest BCUT2D eigenvalue weighted by Gasteiger charge is -2.19. The Morgan fingerprint density at radius 2 is 1.50 bits per heavy atom. The number of ether oxygens (including phenoxy) is 1. The molecule has 0 bridgehead atoms. The number of hydrogen-bond donors (Lipinski definition) is 0. The summed E-state index contributed by atoms with van der Waals surface area (Å²) in [6.45, 7) is 5.99. The minimum Gasteiger partial charge on any atom is -0.490 e. The van der Waals surface area contributed by atoms with Gasteiger partial charge >= 0.3 is 0 Å². The van der Waals surface area contributed by atoms with Crippen molar-refractivity contribution in [3.8, 4) is 17.1 Å². The Balaban J connectivity index is 1.84. The van der Waals surface area contributed by atoms with Gasteiger partial charge in [0.1, 0.15) is 5.75 Å². The van der Waals surface area contributed by atoms with E-state index >= 15 is 0 Å². The Hall–Kier alpha value is -1.97. The molecule has 0 saturated heterocycles. The average Bonchev–Trinajstić information content (AvgIpc) is 2.75. The second-order valence-electron chi connectivity index (χ2n) is 8.34. The Bertz CT molecular complexity index is 685. The van der Waals surface area contributed by atoms with E-state index in [4.69, 9.17) is 4.74 Å². The molecule has 30 heavy (non-hydrogen) atoms. The zero-order valence-electron chi connectivity index (χ0n) is 19.1. The van der Waals surface area contributed by atoms with Gasteiger partial charge in [-0.25, -0.2) is 14.4 Å². The lowest BCUT2D eigenvalue weighted by Crippen LogP contribution is -2.17. The second-order valence-corrected chi connectivity index (χ2v) is 8.34. The highest BCUT2D eigenvalue weighted by molar-refractivity contribution is 5.55. The second kappa shape index (κ2) is 14.1. The number of alkyl halides is 1. The zero-order valence-corrected chi connectivity index (χ0v) is 19.1. The highest BCUT2D eigenvalue weighted by Gasteiger charge is 2.12. The van der Waals surface area contributed by atoms with Crippen molar-refractivity contribution in [2.45, 2.75) is 104 Å². The molecule has 0 amide bonds.